The lowest BCUT2D eigenvalue weighted by Crippen LogP contribution is -2.32. The van der Waals surface area contributed by atoms with Gasteiger partial charge in [-0.3, -0.25) is 0 Å². The van der Waals surface area contributed by atoms with Gasteiger partial charge in [0.1, 0.15) is 0 Å². The van der Waals surface area contributed by atoms with E-state index < -0.39 is 0 Å². The summed E-state index contributed by atoms with van der Waals surface area (Å²) in [6.07, 6.45) is 13.2. The Hall–Kier alpha value is -1.04. The smallest absolute Gasteiger partial charge is 0.0168 e. The molecule has 2 bridgehead atoms. The molecule has 1 spiro atoms. The Morgan fingerprint density at radius 2 is 2.10 bits per heavy atom. The van der Waals surface area contributed by atoms with E-state index in [-0.39, 0.29) is 0 Å². The average molecular weight is 266 g/mol. The Bertz CT molecular complexity index is 551. The fourth-order valence-electron chi connectivity index (χ4n) is 5.08. The molecular weight excluding hydrogens is 240 g/mol. The molecule has 0 radical (unpaired) electrons. The summed E-state index contributed by atoms with van der Waals surface area (Å²) in [5.74, 6) is 2.55. The van der Waals surface area contributed by atoms with Gasteiger partial charge in [-0.2, -0.15) is 0 Å². The molecule has 20 heavy (non-hydrogen) atoms. The quantitative estimate of drug-likeness (QED) is 0.664. The molecule has 3 unspecified atom stereocenters. The maximum Gasteiger partial charge on any atom is -0.0168 e. The number of aryl methyl sites for hydroxylation is 1. The van der Waals surface area contributed by atoms with Crippen molar-refractivity contribution in [1.29, 1.82) is 0 Å². The van der Waals surface area contributed by atoms with Gasteiger partial charge < -0.3 is 0 Å². The first-order chi connectivity index (χ1) is 9.64. The molecule has 3 aliphatic rings. The third-order valence-corrected chi connectivity index (χ3v) is 5.98. The molecule has 0 N–H and O–H groups in total. The normalized spacial score (nSPS) is 34.1. The van der Waals surface area contributed by atoms with Crippen LogP contribution < -0.4 is 0 Å². The van der Waals surface area contributed by atoms with Gasteiger partial charge in [0.2, 0.25) is 0 Å². The SMILES string of the molecule is CC(C)Cc1ccc2c(c1)CC1(CC2)CC2C=CC1C2. The van der Waals surface area contributed by atoms with Crippen LogP contribution >= 0.6 is 0 Å². The van der Waals surface area contributed by atoms with E-state index in [1.807, 2.05) is 0 Å². The summed E-state index contributed by atoms with van der Waals surface area (Å²) in [6.45, 7) is 4.64. The zero-order valence-corrected chi connectivity index (χ0v) is 12.9. The van der Waals surface area contributed by atoms with Crippen molar-refractivity contribution in [3.8, 4) is 0 Å². The van der Waals surface area contributed by atoms with E-state index in [2.05, 4.69) is 44.2 Å². The van der Waals surface area contributed by atoms with Crippen molar-refractivity contribution in [2.24, 2.45) is 23.2 Å². The van der Waals surface area contributed by atoms with Crippen LogP contribution in [0.1, 0.15) is 49.8 Å². The van der Waals surface area contributed by atoms with Gasteiger partial charge in [0, 0.05) is 0 Å². The fourth-order valence-corrected chi connectivity index (χ4v) is 5.08. The molecule has 3 atom stereocenters. The zero-order valence-electron chi connectivity index (χ0n) is 12.9. The second-order valence-electron chi connectivity index (χ2n) is 7.93. The Morgan fingerprint density at radius 3 is 2.80 bits per heavy atom. The summed E-state index contributed by atoms with van der Waals surface area (Å²) in [5, 5.41) is 0. The van der Waals surface area contributed by atoms with Gasteiger partial charge in [-0.25, -0.2) is 0 Å². The average Bonchev–Trinajstić information content (AvgIpc) is 2.98. The summed E-state index contributed by atoms with van der Waals surface area (Å²) < 4.78 is 0. The van der Waals surface area contributed by atoms with Gasteiger partial charge in [0.15, 0.2) is 0 Å². The molecule has 0 nitrogen and oxygen atoms in total. The van der Waals surface area contributed by atoms with E-state index in [9.17, 15) is 0 Å². The molecule has 106 valence electrons. The minimum atomic E-state index is 0.628. The lowest BCUT2D eigenvalue weighted by atomic mass is 9.64. The van der Waals surface area contributed by atoms with Crippen LogP contribution in [0.3, 0.4) is 0 Å². The van der Waals surface area contributed by atoms with Gasteiger partial charge in [-0.05, 0) is 78.4 Å². The highest BCUT2D eigenvalue weighted by atomic mass is 14.5. The molecule has 0 saturated heterocycles. The molecule has 4 rings (SSSR count). The standard InChI is InChI=1S/C20H26/c1-14(2)9-15-3-5-17-7-8-20(13-18(17)10-15)12-16-4-6-19(20)11-16/h3-6,10,14,16,19H,7-9,11-13H2,1-2H3. The summed E-state index contributed by atoms with van der Waals surface area (Å²) in [5.41, 5.74) is 5.49. The van der Waals surface area contributed by atoms with Crippen LogP contribution in [-0.2, 0) is 19.3 Å². The van der Waals surface area contributed by atoms with Gasteiger partial charge in [0.25, 0.3) is 0 Å². The van der Waals surface area contributed by atoms with E-state index in [0.717, 1.165) is 17.8 Å². The van der Waals surface area contributed by atoms with Crippen molar-refractivity contribution in [3.63, 3.8) is 0 Å². The second kappa shape index (κ2) is 4.48. The Kier molecular flexibility index (Phi) is 2.84. The first-order valence-corrected chi connectivity index (χ1v) is 8.44. The van der Waals surface area contributed by atoms with E-state index >= 15 is 0 Å². The number of benzene rings is 1. The van der Waals surface area contributed by atoms with Crippen molar-refractivity contribution < 1.29 is 0 Å². The Morgan fingerprint density at radius 1 is 1.20 bits per heavy atom. The molecule has 0 amide bonds. The molecule has 1 aromatic rings. The van der Waals surface area contributed by atoms with Crippen LogP contribution in [0.5, 0.6) is 0 Å². The third-order valence-electron chi connectivity index (χ3n) is 5.98. The van der Waals surface area contributed by atoms with Crippen LogP contribution in [0, 0.1) is 23.2 Å². The van der Waals surface area contributed by atoms with E-state index in [4.69, 9.17) is 0 Å². The molecule has 1 fully saturated rings. The maximum absolute atomic E-state index is 2.54. The van der Waals surface area contributed by atoms with Gasteiger partial charge in [0.05, 0.1) is 0 Å². The monoisotopic (exact) mass is 266 g/mol. The molecule has 0 aromatic heterocycles. The Labute approximate surface area is 123 Å². The predicted molar refractivity (Wildman–Crippen MR) is 84.8 cm³/mol. The van der Waals surface area contributed by atoms with Crippen LogP contribution in [0.4, 0.5) is 0 Å². The number of rotatable bonds is 2. The van der Waals surface area contributed by atoms with Crippen molar-refractivity contribution in [2.75, 3.05) is 0 Å². The topological polar surface area (TPSA) is 0 Å². The predicted octanol–water partition coefficient (Wildman–Crippen LogP) is 4.96. The lowest BCUT2D eigenvalue weighted by Gasteiger charge is -2.40. The number of hydrogen-bond donors (Lipinski definition) is 0. The molecular formula is C20H26. The lowest BCUT2D eigenvalue weighted by molar-refractivity contribution is 0.195. The van der Waals surface area contributed by atoms with E-state index in [0.29, 0.717) is 5.41 Å². The maximum atomic E-state index is 2.54. The van der Waals surface area contributed by atoms with Crippen LogP contribution in [0.15, 0.2) is 30.4 Å². The number of allylic oxidation sites excluding steroid dienone is 2. The van der Waals surface area contributed by atoms with Gasteiger partial charge in [-0.15, -0.1) is 0 Å². The molecule has 0 heterocycles. The highest BCUT2D eigenvalue weighted by Gasteiger charge is 2.49. The summed E-state index contributed by atoms with van der Waals surface area (Å²) in [7, 11) is 0. The molecule has 1 aromatic carbocycles. The van der Waals surface area contributed by atoms with E-state index in [1.54, 1.807) is 16.7 Å². The first-order valence-electron chi connectivity index (χ1n) is 8.44. The zero-order chi connectivity index (χ0) is 13.7. The number of hydrogen-bond acceptors (Lipinski definition) is 0. The molecule has 0 heteroatoms. The second-order valence-corrected chi connectivity index (χ2v) is 7.93. The highest BCUT2D eigenvalue weighted by Crippen LogP contribution is 2.57. The third kappa shape index (κ3) is 1.96. The van der Waals surface area contributed by atoms with Gasteiger partial charge in [-0.1, -0.05) is 44.2 Å². The highest BCUT2D eigenvalue weighted by molar-refractivity contribution is 5.37. The van der Waals surface area contributed by atoms with Crippen molar-refractivity contribution >= 4 is 0 Å². The van der Waals surface area contributed by atoms with E-state index in [1.165, 1.54) is 38.5 Å². The number of fused-ring (bicyclic) bond motifs is 4. The van der Waals surface area contributed by atoms with Gasteiger partial charge >= 0.3 is 0 Å². The molecule has 3 aliphatic carbocycles. The minimum Gasteiger partial charge on any atom is -0.0851 e. The fraction of sp³-hybridized carbons (Fsp3) is 0.600. The van der Waals surface area contributed by atoms with Crippen LogP contribution in [0.2, 0.25) is 0 Å². The first kappa shape index (κ1) is 12.7. The Balaban J connectivity index is 1.63. The molecule has 0 aliphatic heterocycles. The molecule has 1 saturated carbocycles. The summed E-state index contributed by atoms with van der Waals surface area (Å²) >= 11 is 0. The van der Waals surface area contributed by atoms with Crippen molar-refractivity contribution in [1.82, 2.24) is 0 Å². The van der Waals surface area contributed by atoms with Crippen molar-refractivity contribution in [3.05, 3.63) is 47.0 Å². The summed E-state index contributed by atoms with van der Waals surface area (Å²) in [6, 6.07) is 7.33. The van der Waals surface area contributed by atoms with Crippen LogP contribution in [-0.4, -0.2) is 0 Å². The largest absolute Gasteiger partial charge is 0.0851 e. The van der Waals surface area contributed by atoms with Crippen LogP contribution in [0.25, 0.3) is 0 Å². The van der Waals surface area contributed by atoms with Crippen molar-refractivity contribution in [2.45, 2.75) is 52.4 Å². The minimum absolute atomic E-state index is 0.628. The summed E-state index contributed by atoms with van der Waals surface area (Å²) in [4.78, 5) is 0.